The van der Waals surface area contributed by atoms with Crippen LogP contribution in [0.5, 0.6) is 0 Å². The normalized spacial score (nSPS) is 15.7. The highest BCUT2D eigenvalue weighted by Gasteiger charge is 2.20. The van der Waals surface area contributed by atoms with Crippen LogP contribution in [-0.4, -0.2) is 37.9 Å². The monoisotopic (exact) mass is 346 g/mol. The Labute approximate surface area is 151 Å². The van der Waals surface area contributed by atoms with Gasteiger partial charge in [0.25, 0.3) is 0 Å². The Bertz CT molecular complexity index is 1060. The zero-order valence-corrected chi connectivity index (χ0v) is 14.9. The number of imidazole rings is 1. The second-order valence-electron chi connectivity index (χ2n) is 7.18. The molecule has 1 fully saturated rings. The maximum absolute atomic E-state index is 4.91. The van der Waals surface area contributed by atoms with Crippen molar-refractivity contribution in [2.45, 2.75) is 38.1 Å². The molecule has 132 valence electrons. The molecule has 0 saturated heterocycles. The average Bonchev–Trinajstić information content (AvgIpc) is 3.33. The first-order chi connectivity index (χ1) is 12.8. The second kappa shape index (κ2) is 6.12. The Balaban J connectivity index is 1.56. The maximum Gasteiger partial charge on any atom is 0.154 e. The summed E-state index contributed by atoms with van der Waals surface area (Å²) in [6.07, 6.45) is 10.2. The lowest BCUT2D eigenvalue weighted by atomic mass is 9.94. The fourth-order valence-corrected chi connectivity index (χ4v) is 4.00. The molecule has 5 rings (SSSR count). The van der Waals surface area contributed by atoms with Gasteiger partial charge in [0.15, 0.2) is 5.65 Å². The lowest BCUT2D eigenvalue weighted by molar-refractivity contribution is 0.425. The van der Waals surface area contributed by atoms with Crippen molar-refractivity contribution in [2.24, 2.45) is 0 Å². The molecule has 1 N–H and O–H groups in total. The van der Waals surface area contributed by atoms with Gasteiger partial charge >= 0.3 is 0 Å². The van der Waals surface area contributed by atoms with E-state index in [1.165, 1.54) is 32.1 Å². The summed E-state index contributed by atoms with van der Waals surface area (Å²) in [6.45, 7) is 0. The predicted molar refractivity (Wildman–Crippen MR) is 103 cm³/mol. The third kappa shape index (κ3) is 2.53. The van der Waals surface area contributed by atoms with Crippen LogP contribution < -0.4 is 4.90 Å². The van der Waals surface area contributed by atoms with E-state index in [2.05, 4.69) is 57.5 Å². The number of nitrogens with zero attached hydrogens (tertiary/aromatic N) is 5. The molecule has 0 aliphatic heterocycles. The lowest BCUT2D eigenvalue weighted by Gasteiger charge is -2.31. The van der Waals surface area contributed by atoms with Crippen molar-refractivity contribution in [3.8, 4) is 11.3 Å². The van der Waals surface area contributed by atoms with Crippen molar-refractivity contribution in [1.82, 2.24) is 24.8 Å². The summed E-state index contributed by atoms with van der Waals surface area (Å²) in [4.78, 5) is 6.87. The van der Waals surface area contributed by atoms with Crippen LogP contribution in [0.15, 0.2) is 42.7 Å². The zero-order valence-electron chi connectivity index (χ0n) is 14.9. The molecule has 1 aromatic carbocycles. The van der Waals surface area contributed by atoms with E-state index in [1.54, 1.807) is 0 Å². The van der Waals surface area contributed by atoms with E-state index in [1.807, 2.05) is 16.9 Å². The Morgan fingerprint density at radius 3 is 2.85 bits per heavy atom. The second-order valence-corrected chi connectivity index (χ2v) is 7.18. The number of benzene rings is 1. The molecule has 3 heterocycles. The molecule has 26 heavy (non-hydrogen) atoms. The van der Waals surface area contributed by atoms with Gasteiger partial charge in [-0.2, -0.15) is 5.10 Å². The molecule has 1 aliphatic rings. The molecule has 0 atom stereocenters. The fourth-order valence-electron chi connectivity index (χ4n) is 4.00. The van der Waals surface area contributed by atoms with Gasteiger partial charge in [0, 0.05) is 24.0 Å². The highest BCUT2D eigenvalue weighted by Crippen LogP contribution is 2.27. The van der Waals surface area contributed by atoms with Crippen molar-refractivity contribution in [1.29, 1.82) is 0 Å². The molecule has 0 bridgehead atoms. The van der Waals surface area contributed by atoms with Crippen LogP contribution in [0.3, 0.4) is 0 Å². The van der Waals surface area contributed by atoms with Gasteiger partial charge in [-0.3, -0.25) is 5.10 Å². The van der Waals surface area contributed by atoms with Gasteiger partial charge in [0.2, 0.25) is 0 Å². The van der Waals surface area contributed by atoms with Gasteiger partial charge < -0.3 is 4.90 Å². The van der Waals surface area contributed by atoms with E-state index in [0.717, 1.165) is 33.6 Å². The quantitative estimate of drug-likeness (QED) is 0.608. The van der Waals surface area contributed by atoms with Gasteiger partial charge in [0.1, 0.15) is 5.82 Å². The third-order valence-corrected chi connectivity index (χ3v) is 5.57. The van der Waals surface area contributed by atoms with Crippen LogP contribution in [0.25, 0.3) is 27.8 Å². The summed E-state index contributed by atoms with van der Waals surface area (Å²) in [5.41, 5.74) is 3.97. The number of rotatable bonds is 3. The van der Waals surface area contributed by atoms with Crippen LogP contribution in [0, 0.1) is 0 Å². The summed E-state index contributed by atoms with van der Waals surface area (Å²) in [5, 5.41) is 13.2. The number of nitrogens with one attached hydrogen (secondary N) is 1. The summed E-state index contributed by atoms with van der Waals surface area (Å²) in [7, 11) is 2.16. The number of H-pyrrole nitrogens is 1. The molecule has 0 unspecified atom stereocenters. The van der Waals surface area contributed by atoms with Crippen LogP contribution in [0.4, 0.5) is 5.82 Å². The smallest absolute Gasteiger partial charge is 0.154 e. The first-order valence-electron chi connectivity index (χ1n) is 9.31. The van der Waals surface area contributed by atoms with Gasteiger partial charge in [0.05, 0.1) is 23.6 Å². The van der Waals surface area contributed by atoms with Gasteiger partial charge in [-0.15, -0.1) is 5.10 Å². The largest absolute Gasteiger partial charge is 0.355 e. The number of hydrogen-bond acceptors (Lipinski definition) is 4. The highest BCUT2D eigenvalue weighted by molar-refractivity contribution is 5.83. The molecule has 0 spiro atoms. The molecule has 6 nitrogen and oxygen atoms in total. The lowest BCUT2D eigenvalue weighted by Crippen LogP contribution is -2.34. The van der Waals surface area contributed by atoms with Crippen molar-refractivity contribution in [2.75, 3.05) is 11.9 Å². The van der Waals surface area contributed by atoms with Gasteiger partial charge in [-0.25, -0.2) is 9.50 Å². The molecule has 1 saturated carbocycles. The SMILES string of the molecule is CN(c1ccc2ncc(-c3ccc4cn[nH]c4c3)n2n1)C1CCCCC1. The molecule has 0 radical (unpaired) electrons. The summed E-state index contributed by atoms with van der Waals surface area (Å²) in [6, 6.07) is 11.0. The van der Waals surface area contributed by atoms with Crippen molar-refractivity contribution >= 4 is 22.4 Å². The molecular weight excluding hydrogens is 324 g/mol. The predicted octanol–water partition coefficient (Wildman–Crippen LogP) is 4.04. The Kier molecular flexibility index (Phi) is 3.62. The zero-order chi connectivity index (χ0) is 17.5. The molecule has 1 aliphatic carbocycles. The molecule has 4 aromatic rings. The van der Waals surface area contributed by atoms with Crippen molar-refractivity contribution in [3.05, 3.63) is 42.7 Å². The first-order valence-corrected chi connectivity index (χ1v) is 9.31. The number of fused-ring (bicyclic) bond motifs is 2. The van der Waals surface area contributed by atoms with Gasteiger partial charge in [-0.1, -0.05) is 31.4 Å². The first kappa shape index (κ1) is 15.4. The summed E-state index contributed by atoms with van der Waals surface area (Å²) in [5.74, 6) is 1.01. The minimum absolute atomic E-state index is 0.585. The molecule has 3 aromatic heterocycles. The molecule has 0 amide bonds. The van der Waals surface area contributed by atoms with E-state index < -0.39 is 0 Å². The number of anilines is 1. The summed E-state index contributed by atoms with van der Waals surface area (Å²) >= 11 is 0. The number of aromatic nitrogens is 5. The maximum atomic E-state index is 4.91. The minimum atomic E-state index is 0.585. The van der Waals surface area contributed by atoms with E-state index in [-0.39, 0.29) is 0 Å². The Morgan fingerprint density at radius 1 is 1.08 bits per heavy atom. The standard InChI is InChI=1S/C20H22N6/c1-25(16-5-3-2-4-6-16)20-10-9-19-21-13-18(26(19)24-20)14-7-8-15-12-22-23-17(15)11-14/h7-13,16H,2-6H2,1H3,(H,22,23). The van der Waals surface area contributed by atoms with Crippen LogP contribution in [-0.2, 0) is 0 Å². The molecular formula is C20H22N6. The topological polar surface area (TPSA) is 62.1 Å². The minimum Gasteiger partial charge on any atom is -0.355 e. The van der Waals surface area contributed by atoms with Crippen LogP contribution in [0.2, 0.25) is 0 Å². The number of aromatic amines is 1. The third-order valence-electron chi connectivity index (χ3n) is 5.57. The highest BCUT2D eigenvalue weighted by atomic mass is 15.3. The average molecular weight is 346 g/mol. The van der Waals surface area contributed by atoms with E-state index in [4.69, 9.17) is 5.10 Å². The summed E-state index contributed by atoms with van der Waals surface area (Å²) < 4.78 is 1.95. The van der Waals surface area contributed by atoms with E-state index >= 15 is 0 Å². The fraction of sp³-hybridized carbons (Fsp3) is 0.350. The van der Waals surface area contributed by atoms with Crippen molar-refractivity contribution in [3.63, 3.8) is 0 Å². The Hall–Kier alpha value is -2.89. The molecule has 6 heteroatoms. The Morgan fingerprint density at radius 2 is 1.96 bits per heavy atom. The van der Waals surface area contributed by atoms with Gasteiger partial charge in [-0.05, 0) is 31.0 Å². The number of hydrogen-bond donors (Lipinski definition) is 1. The van der Waals surface area contributed by atoms with Crippen LogP contribution >= 0.6 is 0 Å². The van der Waals surface area contributed by atoms with Crippen molar-refractivity contribution < 1.29 is 0 Å². The van der Waals surface area contributed by atoms with E-state index in [9.17, 15) is 0 Å². The van der Waals surface area contributed by atoms with Crippen LogP contribution in [0.1, 0.15) is 32.1 Å². The van der Waals surface area contributed by atoms with E-state index in [0.29, 0.717) is 6.04 Å².